The van der Waals surface area contributed by atoms with E-state index in [-0.39, 0.29) is 5.41 Å². The topological polar surface area (TPSA) is 3.24 Å². The summed E-state index contributed by atoms with van der Waals surface area (Å²) in [6.45, 7) is 2.24. The molecule has 2 rings (SSSR count). The van der Waals surface area contributed by atoms with E-state index < -0.39 is 0 Å². The summed E-state index contributed by atoms with van der Waals surface area (Å²) in [6, 6.07) is 1.54. The fourth-order valence-electron chi connectivity index (χ4n) is 2.82. The lowest BCUT2D eigenvalue weighted by molar-refractivity contribution is 0.109. The van der Waals surface area contributed by atoms with Crippen LogP contribution in [0.15, 0.2) is 0 Å². The third-order valence-electron chi connectivity index (χ3n) is 3.71. The summed E-state index contributed by atoms with van der Waals surface area (Å²) in [5.74, 6) is 2.98. The molecular formula is C11H17N. The van der Waals surface area contributed by atoms with E-state index in [9.17, 15) is 0 Å². The second kappa shape index (κ2) is 2.50. The molecule has 0 radical (unpaired) electrons. The van der Waals surface area contributed by atoms with Gasteiger partial charge >= 0.3 is 0 Å². The minimum atomic E-state index is 0.193. The monoisotopic (exact) mass is 163 g/mol. The maximum Gasteiger partial charge on any atom is 0.0313 e. The Morgan fingerprint density at radius 1 is 1.33 bits per heavy atom. The first-order chi connectivity index (χ1) is 5.64. The first-order valence-corrected chi connectivity index (χ1v) is 4.84. The van der Waals surface area contributed by atoms with E-state index in [0.717, 1.165) is 12.1 Å². The highest BCUT2D eigenvalue weighted by Gasteiger charge is 2.43. The first-order valence-electron chi connectivity index (χ1n) is 4.84. The number of terminal acetylenes is 1. The highest BCUT2D eigenvalue weighted by Crippen LogP contribution is 2.43. The number of fused-ring (bicyclic) bond motifs is 2. The van der Waals surface area contributed by atoms with Gasteiger partial charge in [0.15, 0.2) is 0 Å². The van der Waals surface area contributed by atoms with Crippen molar-refractivity contribution in [3.8, 4) is 12.3 Å². The molecule has 0 aromatic heterocycles. The molecule has 2 saturated heterocycles. The van der Waals surface area contributed by atoms with Crippen LogP contribution in [0.5, 0.6) is 0 Å². The molecule has 3 atom stereocenters. The molecule has 2 bridgehead atoms. The fourth-order valence-corrected chi connectivity index (χ4v) is 2.82. The summed E-state index contributed by atoms with van der Waals surface area (Å²) in [4.78, 5) is 2.53. The van der Waals surface area contributed by atoms with Gasteiger partial charge in [0, 0.05) is 17.5 Å². The Hall–Kier alpha value is -0.480. The Morgan fingerprint density at radius 2 is 1.83 bits per heavy atom. The maximum absolute atomic E-state index is 5.57. The Labute approximate surface area is 75.1 Å². The lowest BCUT2D eigenvalue weighted by Crippen LogP contribution is -2.43. The Kier molecular flexibility index (Phi) is 1.70. The SMILES string of the molecule is C#CC1(C)C[C@H]2CC[C@@H](C1)N2C. The van der Waals surface area contributed by atoms with E-state index in [1.807, 2.05) is 0 Å². The highest BCUT2D eigenvalue weighted by molar-refractivity contribution is 5.11. The summed E-state index contributed by atoms with van der Waals surface area (Å²) in [5, 5.41) is 0. The number of hydrogen-bond acceptors (Lipinski definition) is 1. The minimum Gasteiger partial charge on any atom is -0.300 e. The largest absolute Gasteiger partial charge is 0.300 e. The van der Waals surface area contributed by atoms with Gasteiger partial charge in [-0.2, -0.15) is 0 Å². The molecule has 0 saturated carbocycles. The van der Waals surface area contributed by atoms with Gasteiger partial charge in [-0.25, -0.2) is 0 Å². The van der Waals surface area contributed by atoms with Crippen LogP contribution in [0.4, 0.5) is 0 Å². The van der Waals surface area contributed by atoms with E-state index in [0.29, 0.717) is 0 Å². The summed E-state index contributed by atoms with van der Waals surface area (Å²) in [6.07, 6.45) is 10.7. The molecule has 2 aliphatic rings. The number of hydrogen-bond donors (Lipinski definition) is 0. The molecule has 12 heavy (non-hydrogen) atoms. The van der Waals surface area contributed by atoms with Crippen molar-refractivity contribution in [1.82, 2.24) is 4.90 Å². The van der Waals surface area contributed by atoms with Gasteiger partial charge in [0.25, 0.3) is 0 Å². The average Bonchev–Trinajstić information content (AvgIpc) is 2.32. The van der Waals surface area contributed by atoms with E-state index in [1.165, 1.54) is 25.7 Å². The molecule has 1 heteroatoms. The minimum absolute atomic E-state index is 0.193. The van der Waals surface area contributed by atoms with Crippen molar-refractivity contribution in [2.45, 2.75) is 44.7 Å². The standard InChI is InChI=1S/C11H17N/c1-4-11(2)7-9-5-6-10(8-11)12(9)3/h1,9-10H,5-8H2,2-3H3/t9-,10+,11?. The van der Waals surface area contributed by atoms with Crippen molar-refractivity contribution in [2.75, 3.05) is 7.05 Å². The molecular weight excluding hydrogens is 146 g/mol. The smallest absolute Gasteiger partial charge is 0.0313 e. The van der Waals surface area contributed by atoms with Crippen LogP contribution >= 0.6 is 0 Å². The molecule has 2 heterocycles. The molecule has 66 valence electrons. The fraction of sp³-hybridized carbons (Fsp3) is 0.818. The van der Waals surface area contributed by atoms with Gasteiger partial charge in [0.2, 0.25) is 0 Å². The van der Waals surface area contributed by atoms with Crippen LogP contribution in [-0.4, -0.2) is 24.0 Å². The van der Waals surface area contributed by atoms with Crippen LogP contribution < -0.4 is 0 Å². The zero-order valence-electron chi connectivity index (χ0n) is 8.01. The molecule has 0 amide bonds. The van der Waals surface area contributed by atoms with Crippen molar-refractivity contribution >= 4 is 0 Å². The van der Waals surface area contributed by atoms with E-state index in [2.05, 4.69) is 24.8 Å². The van der Waals surface area contributed by atoms with Crippen LogP contribution in [0, 0.1) is 17.8 Å². The van der Waals surface area contributed by atoms with Crippen molar-refractivity contribution in [3.63, 3.8) is 0 Å². The van der Waals surface area contributed by atoms with Crippen molar-refractivity contribution in [3.05, 3.63) is 0 Å². The Morgan fingerprint density at radius 3 is 2.25 bits per heavy atom. The van der Waals surface area contributed by atoms with Crippen LogP contribution in [0.1, 0.15) is 32.6 Å². The summed E-state index contributed by atoms with van der Waals surface area (Å²) in [7, 11) is 2.25. The van der Waals surface area contributed by atoms with Gasteiger partial charge in [-0.1, -0.05) is 0 Å². The van der Waals surface area contributed by atoms with Crippen LogP contribution in [-0.2, 0) is 0 Å². The normalized spacial score (nSPS) is 47.4. The van der Waals surface area contributed by atoms with Crippen LogP contribution in [0.25, 0.3) is 0 Å². The maximum atomic E-state index is 5.57. The molecule has 0 aromatic rings. The van der Waals surface area contributed by atoms with Gasteiger partial charge in [-0.15, -0.1) is 12.3 Å². The molecule has 2 fully saturated rings. The third-order valence-corrected chi connectivity index (χ3v) is 3.71. The summed E-state index contributed by atoms with van der Waals surface area (Å²) in [5.41, 5.74) is 0.193. The molecule has 1 nitrogen and oxygen atoms in total. The number of piperidine rings is 1. The lowest BCUT2D eigenvalue weighted by Gasteiger charge is -2.40. The van der Waals surface area contributed by atoms with E-state index in [1.54, 1.807) is 0 Å². The second-order valence-electron chi connectivity index (χ2n) is 4.66. The van der Waals surface area contributed by atoms with Gasteiger partial charge < -0.3 is 4.90 Å². The van der Waals surface area contributed by atoms with Gasteiger partial charge in [-0.05, 0) is 39.7 Å². The van der Waals surface area contributed by atoms with E-state index in [4.69, 9.17) is 6.42 Å². The molecule has 0 aliphatic carbocycles. The summed E-state index contributed by atoms with van der Waals surface area (Å²) >= 11 is 0. The van der Waals surface area contributed by atoms with Gasteiger partial charge in [0.05, 0.1) is 0 Å². The predicted molar refractivity (Wildman–Crippen MR) is 50.7 cm³/mol. The molecule has 0 N–H and O–H groups in total. The van der Waals surface area contributed by atoms with Gasteiger partial charge in [0.1, 0.15) is 0 Å². The second-order valence-corrected chi connectivity index (χ2v) is 4.66. The predicted octanol–water partition coefficient (Wildman–Crippen LogP) is 1.88. The van der Waals surface area contributed by atoms with Crippen molar-refractivity contribution < 1.29 is 0 Å². The average molecular weight is 163 g/mol. The van der Waals surface area contributed by atoms with E-state index >= 15 is 0 Å². The zero-order chi connectivity index (χ0) is 8.77. The molecule has 0 aromatic carbocycles. The quantitative estimate of drug-likeness (QED) is 0.493. The number of rotatable bonds is 0. The number of nitrogens with zero attached hydrogens (tertiary/aromatic N) is 1. The highest BCUT2D eigenvalue weighted by atomic mass is 15.2. The lowest BCUT2D eigenvalue weighted by atomic mass is 9.77. The van der Waals surface area contributed by atoms with Crippen LogP contribution in [0.3, 0.4) is 0 Å². The van der Waals surface area contributed by atoms with Gasteiger partial charge in [-0.3, -0.25) is 0 Å². The third kappa shape index (κ3) is 1.06. The summed E-state index contributed by atoms with van der Waals surface area (Å²) < 4.78 is 0. The van der Waals surface area contributed by atoms with Crippen LogP contribution in [0.2, 0.25) is 0 Å². The molecule has 2 aliphatic heterocycles. The zero-order valence-corrected chi connectivity index (χ0v) is 8.01. The molecule has 0 spiro atoms. The van der Waals surface area contributed by atoms with Crippen molar-refractivity contribution in [1.29, 1.82) is 0 Å². The first kappa shape index (κ1) is 8.13. The Bertz CT molecular complexity index is 212. The van der Waals surface area contributed by atoms with Crippen molar-refractivity contribution in [2.24, 2.45) is 5.41 Å². The molecule has 1 unspecified atom stereocenters. The Balaban J connectivity index is 2.18.